The van der Waals surface area contributed by atoms with Crippen LogP contribution in [0.15, 0.2) is 58.6 Å². The number of amides is 2. The molecule has 0 spiro atoms. The molecular weight excluding hydrogens is 525 g/mol. The second-order valence-corrected chi connectivity index (χ2v) is 9.93. The third-order valence-corrected chi connectivity index (χ3v) is 7.18. The van der Waals surface area contributed by atoms with Gasteiger partial charge in [-0.25, -0.2) is 8.42 Å². The number of nitriles is 1. The Labute approximate surface area is 196 Å². The van der Waals surface area contributed by atoms with Crippen LogP contribution in [0.2, 0.25) is 0 Å². The van der Waals surface area contributed by atoms with Gasteiger partial charge in [0.05, 0.1) is 22.1 Å². The Morgan fingerprint density at radius 2 is 1.52 bits per heavy atom. The van der Waals surface area contributed by atoms with Gasteiger partial charge in [-0.3, -0.25) is 14.5 Å². The smallest absolute Gasteiger partial charge is 0.274 e. The monoisotopic (exact) mass is 540 g/mol. The number of carbonyl (C=O) groups is 2. The molecule has 0 N–H and O–H groups in total. The van der Waals surface area contributed by atoms with Gasteiger partial charge < -0.3 is 0 Å². The summed E-state index contributed by atoms with van der Waals surface area (Å²) in [6.45, 7) is -0.00923. The van der Waals surface area contributed by atoms with E-state index >= 15 is 0 Å². The number of rotatable bonds is 7. The van der Waals surface area contributed by atoms with E-state index in [0.717, 1.165) is 4.90 Å². The molecule has 1 heterocycles. The zero-order chi connectivity index (χ0) is 24.4. The summed E-state index contributed by atoms with van der Waals surface area (Å²) in [6, 6.07) is 13.0. The van der Waals surface area contributed by atoms with Gasteiger partial charge in [-0.15, -0.1) is 0 Å². The number of carbonyl (C=O) groups excluding carboxylic acids is 2. The van der Waals surface area contributed by atoms with E-state index in [1.54, 1.807) is 18.2 Å². The molecule has 0 bridgehead atoms. The highest BCUT2D eigenvalue weighted by Gasteiger charge is 2.49. The van der Waals surface area contributed by atoms with E-state index < -0.39 is 37.6 Å². The summed E-state index contributed by atoms with van der Waals surface area (Å²) < 4.78 is 65.0. The summed E-state index contributed by atoms with van der Waals surface area (Å²) in [7, 11) is -5.80. The number of alkyl halides is 3. The third kappa shape index (κ3) is 4.86. The summed E-state index contributed by atoms with van der Waals surface area (Å²) >= 11 is 3.13. The number of sulfone groups is 1. The van der Waals surface area contributed by atoms with E-state index in [2.05, 4.69) is 15.9 Å². The van der Waals surface area contributed by atoms with Gasteiger partial charge in [0, 0.05) is 16.6 Å². The van der Waals surface area contributed by atoms with Crippen molar-refractivity contribution < 1.29 is 31.2 Å². The van der Waals surface area contributed by atoms with Gasteiger partial charge in [0.15, 0.2) is 0 Å². The van der Waals surface area contributed by atoms with Crippen molar-refractivity contribution in [3.05, 3.63) is 75.3 Å². The minimum Gasteiger partial charge on any atom is -0.274 e. The topological polar surface area (TPSA) is 95.3 Å². The van der Waals surface area contributed by atoms with Crippen LogP contribution >= 0.6 is 15.9 Å². The molecule has 2 amide bonds. The van der Waals surface area contributed by atoms with Gasteiger partial charge in [-0.1, -0.05) is 40.2 Å². The van der Waals surface area contributed by atoms with E-state index in [9.17, 15) is 36.4 Å². The zero-order valence-electron chi connectivity index (χ0n) is 16.9. The van der Waals surface area contributed by atoms with Crippen molar-refractivity contribution in [2.75, 3.05) is 6.54 Å². The molecule has 0 saturated heterocycles. The number of hydrogen-bond donors (Lipinski definition) is 0. The van der Waals surface area contributed by atoms with Crippen molar-refractivity contribution in [1.29, 1.82) is 5.26 Å². The fraction of sp³-hybridized carbons (Fsp3) is 0.227. The molecule has 33 heavy (non-hydrogen) atoms. The lowest BCUT2D eigenvalue weighted by molar-refractivity contribution is -0.0420. The number of allylic oxidation sites excluding steroid dienone is 1. The maximum absolute atomic E-state index is 13.3. The Morgan fingerprint density at radius 3 is 2.00 bits per heavy atom. The van der Waals surface area contributed by atoms with E-state index in [1.807, 2.05) is 0 Å². The molecule has 0 saturated carbocycles. The van der Waals surface area contributed by atoms with E-state index in [4.69, 9.17) is 0 Å². The van der Waals surface area contributed by atoms with E-state index in [1.165, 1.54) is 36.4 Å². The standard InChI is InChI=1S/C22H16BrF3N2O4S/c23-16-10-8-14(9-11-16)19(33(31,32)22(24,25)26)15(13-27)5-3-4-12-28-20(29)17-6-1-2-7-18(17)21(28)30/h1-2,6-11H,3-5,12H2/b19-15+. The molecular formula is C22H16BrF3N2O4S. The Bertz CT molecular complexity index is 1240. The van der Waals surface area contributed by atoms with Crippen molar-refractivity contribution in [2.24, 2.45) is 0 Å². The fourth-order valence-corrected chi connectivity index (χ4v) is 4.86. The average molecular weight is 541 g/mol. The SMILES string of the molecule is N#C/C(CCCCN1C(=O)c2ccccc2C1=O)=C(\c1ccc(Br)cc1)S(=O)(=O)C(F)(F)F. The Morgan fingerprint density at radius 1 is 0.970 bits per heavy atom. The van der Waals surface area contributed by atoms with Crippen LogP contribution in [0.4, 0.5) is 13.2 Å². The van der Waals surface area contributed by atoms with Gasteiger partial charge in [-0.2, -0.15) is 18.4 Å². The molecule has 0 atom stereocenters. The molecule has 3 rings (SSSR count). The Hall–Kier alpha value is -2.97. The molecule has 2 aromatic rings. The van der Waals surface area contributed by atoms with Crippen LogP contribution in [-0.2, 0) is 9.84 Å². The van der Waals surface area contributed by atoms with Gasteiger partial charge in [0.2, 0.25) is 0 Å². The highest BCUT2D eigenvalue weighted by Crippen LogP contribution is 2.38. The second kappa shape index (κ2) is 9.49. The summed E-state index contributed by atoms with van der Waals surface area (Å²) in [4.78, 5) is 24.7. The van der Waals surface area contributed by atoms with E-state index in [-0.39, 0.29) is 42.5 Å². The molecule has 0 fully saturated rings. The average Bonchev–Trinajstić information content (AvgIpc) is 3.00. The first-order valence-corrected chi connectivity index (χ1v) is 11.9. The Balaban J connectivity index is 1.81. The van der Waals surface area contributed by atoms with Gasteiger partial charge in [0.25, 0.3) is 21.7 Å². The van der Waals surface area contributed by atoms with Crippen LogP contribution in [-0.4, -0.2) is 37.2 Å². The summed E-state index contributed by atoms with van der Waals surface area (Å²) in [6.07, 6.45) is -0.0135. The molecule has 2 aromatic carbocycles. The van der Waals surface area contributed by atoms with Crippen molar-refractivity contribution in [2.45, 2.75) is 24.8 Å². The fourth-order valence-electron chi connectivity index (χ4n) is 3.44. The minimum atomic E-state index is -5.80. The molecule has 0 aliphatic carbocycles. The molecule has 11 heteroatoms. The summed E-state index contributed by atoms with van der Waals surface area (Å²) in [5.41, 5.74) is -5.84. The highest BCUT2D eigenvalue weighted by molar-refractivity contribution is 9.10. The van der Waals surface area contributed by atoms with Crippen LogP contribution in [0.3, 0.4) is 0 Å². The summed E-state index contributed by atoms with van der Waals surface area (Å²) in [5, 5.41) is 9.49. The highest BCUT2D eigenvalue weighted by atomic mass is 79.9. The van der Waals surface area contributed by atoms with Crippen LogP contribution in [0.1, 0.15) is 45.5 Å². The molecule has 1 aliphatic rings. The second-order valence-electron chi connectivity index (χ2n) is 7.14. The normalized spacial score (nSPS) is 14.7. The van der Waals surface area contributed by atoms with Crippen LogP contribution < -0.4 is 0 Å². The maximum atomic E-state index is 13.3. The zero-order valence-corrected chi connectivity index (χ0v) is 19.3. The maximum Gasteiger partial charge on any atom is 0.501 e. The minimum absolute atomic E-state index is 0.00923. The molecule has 0 unspecified atom stereocenters. The number of halogens is 4. The van der Waals surface area contributed by atoms with Crippen molar-refractivity contribution in [1.82, 2.24) is 4.90 Å². The number of unbranched alkanes of at least 4 members (excludes halogenated alkanes) is 1. The number of benzene rings is 2. The van der Waals surface area contributed by atoms with Crippen molar-refractivity contribution in [3.8, 4) is 6.07 Å². The van der Waals surface area contributed by atoms with Gasteiger partial charge >= 0.3 is 5.51 Å². The van der Waals surface area contributed by atoms with Crippen LogP contribution in [0, 0.1) is 11.3 Å². The molecule has 0 radical (unpaired) electrons. The molecule has 6 nitrogen and oxygen atoms in total. The van der Waals surface area contributed by atoms with Crippen molar-refractivity contribution in [3.63, 3.8) is 0 Å². The predicted octanol–water partition coefficient (Wildman–Crippen LogP) is 5.08. The molecule has 172 valence electrons. The lowest BCUT2D eigenvalue weighted by Crippen LogP contribution is -2.30. The number of nitrogens with zero attached hydrogens (tertiary/aromatic N) is 2. The largest absolute Gasteiger partial charge is 0.501 e. The first kappa shape index (κ1) is 24.7. The number of hydrogen-bond acceptors (Lipinski definition) is 5. The predicted molar refractivity (Wildman–Crippen MR) is 117 cm³/mol. The van der Waals surface area contributed by atoms with Gasteiger partial charge in [0.1, 0.15) is 0 Å². The first-order chi connectivity index (χ1) is 15.5. The Kier molecular flexibility index (Phi) is 7.09. The quantitative estimate of drug-likeness (QED) is 0.277. The van der Waals surface area contributed by atoms with Gasteiger partial charge in [-0.05, 0) is 49.1 Å². The summed E-state index contributed by atoms with van der Waals surface area (Å²) in [5.74, 6) is -0.941. The molecule has 1 aliphatic heterocycles. The van der Waals surface area contributed by atoms with E-state index in [0.29, 0.717) is 4.47 Å². The third-order valence-electron chi connectivity index (χ3n) is 5.03. The van der Waals surface area contributed by atoms with Crippen molar-refractivity contribution >= 4 is 42.5 Å². The first-order valence-electron chi connectivity index (χ1n) is 9.65. The number of imide groups is 1. The molecule has 0 aromatic heterocycles. The lowest BCUT2D eigenvalue weighted by atomic mass is 10.1. The van der Waals surface area contributed by atoms with Crippen LogP contribution in [0.25, 0.3) is 4.91 Å². The number of fused-ring (bicyclic) bond motifs is 1. The van der Waals surface area contributed by atoms with Crippen LogP contribution in [0.5, 0.6) is 0 Å². The lowest BCUT2D eigenvalue weighted by Gasteiger charge is -2.16.